The van der Waals surface area contributed by atoms with Crippen LogP contribution in [0.1, 0.15) is 15.9 Å². The van der Waals surface area contributed by atoms with Crippen LogP contribution >= 0.6 is 0 Å². The number of nitrogens with zero attached hydrogens (tertiary/aromatic N) is 1. The third-order valence-electron chi connectivity index (χ3n) is 2.58. The van der Waals surface area contributed by atoms with Gasteiger partial charge in [0.05, 0.1) is 5.56 Å². The smallest absolute Gasteiger partial charge is 0.282 e. The van der Waals surface area contributed by atoms with Crippen LogP contribution in [0.15, 0.2) is 36.5 Å². The molecule has 0 saturated carbocycles. The molecule has 22 heavy (non-hydrogen) atoms. The van der Waals surface area contributed by atoms with Crippen LogP contribution in [-0.4, -0.2) is 10.9 Å². The molecule has 1 amide bonds. The molecule has 0 atom stereocenters. The highest BCUT2D eigenvalue weighted by Gasteiger charge is 2.30. The number of anilines is 1. The molecule has 0 aliphatic rings. The summed E-state index contributed by atoms with van der Waals surface area (Å²) in [7, 11) is 0. The van der Waals surface area contributed by atoms with Crippen molar-refractivity contribution < 1.29 is 26.7 Å². The maximum Gasteiger partial charge on any atom is 0.416 e. The molecule has 116 valence electrons. The summed E-state index contributed by atoms with van der Waals surface area (Å²) in [6, 6.07) is 4.20. The molecule has 1 aromatic carbocycles. The van der Waals surface area contributed by atoms with Crippen molar-refractivity contribution in [2.45, 2.75) is 6.18 Å². The Balaban J connectivity index is 2.12. The minimum atomic E-state index is -4.58. The van der Waals surface area contributed by atoms with E-state index in [0.717, 1.165) is 30.5 Å². The quantitative estimate of drug-likeness (QED) is 0.675. The Hall–Kier alpha value is -2.71. The van der Waals surface area contributed by atoms with Crippen molar-refractivity contribution in [3.8, 4) is 0 Å². The summed E-state index contributed by atoms with van der Waals surface area (Å²) in [5, 5.41) is 0. The molecule has 0 unspecified atom stereocenters. The zero-order valence-electron chi connectivity index (χ0n) is 10.7. The molecular weight excluding hydrogens is 309 g/mol. The standard InChI is InChI=1S/C13H8F5N3O/c14-8-2-1-3-9(15)11(8)12(22)21-20-10-6-7(4-5-19-10)13(16,17)18/h1-6H,(H,19,20)(H,21,22). The third-order valence-corrected chi connectivity index (χ3v) is 2.58. The van der Waals surface area contributed by atoms with Crippen molar-refractivity contribution in [1.29, 1.82) is 0 Å². The normalized spacial score (nSPS) is 11.1. The van der Waals surface area contributed by atoms with Crippen LogP contribution in [0.25, 0.3) is 0 Å². The predicted octanol–water partition coefficient (Wildman–Crippen LogP) is 3.14. The zero-order valence-corrected chi connectivity index (χ0v) is 10.7. The summed E-state index contributed by atoms with van der Waals surface area (Å²) in [4.78, 5) is 15.2. The Kier molecular flexibility index (Phi) is 4.25. The Morgan fingerprint density at radius 1 is 1.09 bits per heavy atom. The number of amides is 1. The van der Waals surface area contributed by atoms with Crippen molar-refractivity contribution in [1.82, 2.24) is 10.4 Å². The second-order valence-electron chi connectivity index (χ2n) is 4.10. The number of rotatable bonds is 3. The van der Waals surface area contributed by atoms with Crippen LogP contribution in [0.2, 0.25) is 0 Å². The molecule has 2 N–H and O–H groups in total. The summed E-state index contributed by atoms with van der Waals surface area (Å²) < 4.78 is 64.2. The van der Waals surface area contributed by atoms with Crippen molar-refractivity contribution in [3.63, 3.8) is 0 Å². The molecule has 4 nitrogen and oxygen atoms in total. The monoisotopic (exact) mass is 317 g/mol. The van der Waals surface area contributed by atoms with Gasteiger partial charge >= 0.3 is 6.18 Å². The lowest BCUT2D eigenvalue weighted by atomic mass is 10.2. The lowest BCUT2D eigenvalue weighted by Gasteiger charge is -2.11. The van der Waals surface area contributed by atoms with E-state index in [9.17, 15) is 26.7 Å². The Labute approximate surface area is 120 Å². The molecule has 0 bridgehead atoms. The van der Waals surface area contributed by atoms with Crippen LogP contribution in [0.3, 0.4) is 0 Å². The highest BCUT2D eigenvalue weighted by atomic mass is 19.4. The van der Waals surface area contributed by atoms with Gasteiger partial charge in [-0.25, -0.2) is 13.8 Å². The number of carbonyl (C=O) groups excluding carboxylic acids is 1. The summed E-state index contributed by atoms with van der Waals surface area (Å²) in [5.41, 5.74) is 2.09. The van der Waals surface area contributed by atoms with Gasteiger partial charge < -0.3 is 0 Å². The van der Waals surface area contributed by atoms with Gasteiger partial charge in [0.2, 0.25) is 0 Å². The van der Waals surface area contributed by atoms with Crippen molar-refractivity contribution in [2.24, 2.45) is 0 Å². The number of alkyl halides is 3. The fraction of sp³-hybridized carbons (Fsp3) is 0.0769. The molecule has 0 aliphatic heterocycles. The number of benzene rings is 1. The number of carbonyl (C=O) groups is 1. The zero-order chi connectivity index (χ0) is 16.3. The van der Waals surface area contributed by atoms with Crippen LogP contribution in [0.5, 0.6) is 0 Å². The molecule has 9 heteroatoms. The molecule has 2 rings (SSSR count). The van der Waals surface area contributed by atoms with Crippen molar-refractivity contribution in [3.05, 3.63) is 59.3 Å². The number of hydrogen-bond donors (Lipinski definition) is 2. The predicted molar refractivity (Wildman–Crippen MR) is 66.7 cm³/mol. The summed E-state index contributed by atoms with van der Waals surface area (Å²) >= 11 is 0. The fourth-order valence-electron chi connectivity index (χ4n) is 1.57. The largest absolute Gasteiger partial charge is 0.416 e. The number of halogens is 5. The van der Waals surface area contributed by atoms with Crippen LogP contribution < -0.4 is 10.9 Å². The Morgan fingerprint density at radius 3 is 2.32 bits per heavy atom. The van der Waals surface area contributed by atoms with Gasteiger partial charge in [-0.05, 0) is 24.3 Å². The molecule has 0 radical (unpaired) electrons. The van der Waals surface area contributed by atoms with Crippen LogP contribution in [-0.2, 0) is 6.18 Å². The van der Waals surface area contributed by atoms with E-state index in [2.05, 4.69) is 10.4 Å². The average molecular weight is 317 g/mol. The minimum Gasteiger partial charge on any atom is -0.282 e. The number of nitrogens with one attached hydrogen (secondary N) is 2. The van der Waals surface area contributed by atoms with E-state index in [4.69, 9.17) is 0 Å². The SMILES string of the molecule is O=C(NNc1cc(C(F)(F)F)ccn1)c1c(F)cccc1F. The van der Waals surface area contributed by atoms with Gasteiger partial charge in [0, 0.05) is 6.20 Å². The molecule has 0 fully saturated rings. The van der Waals surface area contributed by atoms with Gasteiger partial charge in [0.1, 0.15) is 23.0 Å². The highest BCUT2D eigenvalue weighted by Crippen LogP contribution is 2.29. The Morgan fingerprint density at radius 2 is 1.73 bits per heavy atom. The summed E-state index contributed by atoms with van der Waals surface area (Å²) in [5.74, 6) is -3.72. The van der Waals surface area contributed by atoms with Crippen LogP contribution in [0, 0.1) is 11.6 Å². The third kappa shape index (κ3) is 3.48. The lowest BCUT2D eigenvalue weighted by molar-refractivity contribution is -0.137. The minimum absolute atomic E-state index is 0.333. The molecule has 1 aromatic heterocycles. The number of hydrogen-bond acceptors (Lipinski definition) is 3. The van der Waals surface area contributed by atoms with Gasteiger partial charge in [-0.3, -0.25) is 15.6 Å². The second kappa shape index (κ2) is 5.96. The summed E-state index contributed by atoms with van der Waals surface area (Å²) in [6.45, 7) is 0. The Bertz CT molecular complexity index is 682. The van der Waals surface area contributed by atoms with E-state index in [-0.39, 0.29) is 5.82 Å². The van der Waals surface area contributed by atoms with Gasteiger partial charge in [-0.1, -0.05) is 6.07 Å². The molecule has 0 aliphatic carbocycles. The van der Waals surface area contributed by atoms with E-state index >= 15 is 0 Å². The van der Waals surface area contributed by atoms with E-state index < -0.39 is 34.8 Å². The van der Waals surface area contributed by atoms with E-state index in [0.29, 0.717) is 6.07 Å². The number of aromatic nitrogens is 1. The van der Waals surface area contributed by atoms with Gasteiger partial charge in [0.15, 0.2) is 0 Å². The first kappa shape index (κ1) is 15.7. The van der Waals surface area contributed by atoms with Gasteiger partial charge in [-0.15, -0.1) is 0 Å². The maximum atomic E-state index is 13.4. The molecule has 0 spiro atoms. The van der Waals surface area contributed by atoms with Gasteiger partial charge in [0.25, 0.3) is 5.91 Å². The first-order chi connectivity index (χ1) is 10.3. The van der Waals surface area contributed by atoms with E-state index in [1.807, 2.05) is 5.43 Å². The lowest BCUT2D eigenvalue weighted by Crippen LogP contribution is -2.31. The molecule has 1 heterocycles. The highest BCUT2D eigenvalue weighted by molar-refractivity contribution is 5.95. The topological polar surface area (TPSA) is 54.0 Å². The maximum absolute atomic E-state index is 13.4. The first-order valence-corrected chi connectivity index (χ1v) is 5.82. The molecular formula is C13H8F5N3O. The molecule has 0 saturated heterocycles. The molecule has 2 aromatic rings. The van der Waals surface area contributed by atoms with E-state index in [1.165, 1.54) is 0 Å². The first-order valence-electron chi connectivity index (χ1n) is 5.82. The van der Waals surface area contributed by atoms with Gasteiger partial charge in [-0.2, -0.15) is 13.2 Å². The average Bonchev–Trinajstić information content (AvgIpc) is 2.44. The number of hydrazine groups is 1. The second-order valence-corrected chi connectivity index (χ2v) is 4.10. The van der Waals surface area contributed by atoms with Crippen molar-refractivity contribution in [2.75, 3.05) is 5.43 Å². The number of pyridine rings is 1. The van der Waals surface area contributed by atoms with Crippen molar-refractivity contribution >= 4 is 11.7 Å². The summed E-state index contributed by atoms with van der Waals surface area (Å²) in [6.07, 6.45) is -3.71. The van der Waals surface area contributed by atoms with E-state index in [1.54, 1.807) is 0 Å². The fourth-order valence-corrected chi connectivity index (χ4v) is 1.57. The van der Waals surface area contributed by atoms with Crippen LogP contribution in [0.4, 0.5) is 27.8 Å².